The fraction of sp³-hybridized carbons (Fsp3) is 0.286. The van der Waals surface area contributed by atoms with Crippen molar-refractivity contribution in [1.82, 2.24) is 4.98 Å². The largest absolute Gasteiger partial charge is 0.484 e. The maximum Gasteiger partial charge on any atom is 0.264 e. The zero-order valence-corrected chi connectivity index (χ0v) is 12.2. The molecule has 2 aromatic rings. The van der Waals surface area contributed by atoms with Crippen molar-refractivity contribution >= 4 is 34.0 Å². The summed E-state index contributed by atoms with van der Waals surface area (Å²) in [5.41, 5.74) is 1.09. The van der Waals surface area contributed by atoms with Crippen molar-refractivity contribution in [3.63, 3.8) is 0 Å². The van der Waals surface area contributed by atoms with Crippen LogP contribution >= 0.6 is 22.9 Å². The second-order valence-corrected chi connectivity index (χ2v) is 5.94. The van der Waals surface area contributed by atoms with Crippen LogP contribution in [0.5, 0.6) is 5.75 Å². The minimum absolute atomic E-state index is 0.0417. The van der Waals surface area contributed by atoms with Crippen LogP contribution in [0.15, 0.2) is 29.6 Å². The minimum Gasteiger partial charge on any atom is -0.484 e. The van der Waals surface area contributed by atoms with Gasteiger partial charge in [-0.25, -0.2) is 4.98 Å². The smallest absolute Gasteiger partial charge is 0.264 e. The highest BCUT2D eigenvalue weighted by atomic mass is 35.5. The number of hydrogen-bond donors (Lipinski definition) is 1. The monoisotopic (exact) mass is 308 g/mol. The van der Waals surface area contributed by atoms with Gasteiger partial charge in [0.15, 0.2) is 11.7 Å². The predicted octanol–water partition coefficient (Wildman–Crippen LogP) is 3.69. The lowest BCUT2D eigenvalue weighted by Crippen LogP contribution is -2.20. The Kier molecular flexibility index (Phi) is 3.89. The first-order valence-corrected chi connectivity index (χ1v) is 7.60. The van der Waals surface area contributed by atoms with Gasteiger partial charge >= 0.3 is 0 Å². The first-order valence-electron chi connectivity index (χ1n) is 6.34. The maximum absolute atomic E-state index is 11.8. The number of aromatic nitrogens is 1. The molecule has 0 unspecified atom stereocenters. The zero-order chi connectivity index (χ0) is 13.9. The van der Waals surface area contributed by atoms with Crippen molar-refractivity contribution < 1.29 is 9.53 Å². The maximum atomic E-state index is 11.8. The molecule has 0 spiro atoms. The van der Waals surface area contributed by atoms with E-state index in [0.29, 0.717) is 21.8 Å². The van der Waals surface area contributed by atoms with Gasteiger partial charge in [-0.1, -0.05) is 11.6 Å². The van der Waals surface area contributed by atoms with Crippen LogP contribution in [0.4, 0.5) is 5.13 Å². The molecule has 20 heavy (non-hydrogen) atoms. The van der Waals surface area contributed by atoms with Crippen molar-refractivity contribution in [3.8, 4) is 5.75 Å². The number of amides is 1. The number of thiazole rings is 1. The van der Waals surface area contributed by atoms with Crippen LogP contribution in [0.25, 0.3) is 0 Å². The molecule has 1 amide bonds. The van der Waals surface area contributed by atoms with Crippen molar-refractivity contribution in [3.05, 3.63) is 40.4 Å². The Hall–Kier alpha value is -1.59. The molecular formula is C14H13ClN2O2S. The molecule has 0 atom stereocenters. The molecule has 1 heterocycles. The molecule has 1 aromatic carbocycles. The topological polar surface area (TPSA) is 51.2 Å². The Morgan fingerprint density at radius 1 is 1.40 bits per heavy atom. The SMILES string of the molecule is O=C(COc1ccc(Cl)cc1)Nc1nc(C2CC2)cs1. The van der Waals surface area contributed by atoms with Gasteiger partial charge in [-0.3, -0.25) is 10.1 Å². The quantitative estimate of drug-likeness (QED) is 0.916. The second kappa shape index (κ2) is 5.81. The highest BCUT2D eigenvalue weighted by Crippen LogP contribution is 2.40. The van der Waals surface area contributed by atoms with Gasteiger partial charge in [-0.05, 0) is 37.1 Å². The molecule has 0 aliphatic heterocycles. The summed E-state index contributed by atoms with van der Waals surface area (Å²) in [4.78, 5) is 16.1. The van der Waals surface area contributed by atoms with E-state index in [1.54, 1.807) is 24.3 Å². The fourth-order valence-electron chi connectivity index (χ4n) is 1.75. The second-order valence-electron chi connectivity index (χ2n) is 4.64. The Labute approximate surface area is 125 Å². The minimum atomic E-state index is -0.211. The molecule has 6 heteroatoms. The first-order chi connectivity index (χ1) is 9.70. The van der Waals surface area contributed by atoms with Crippen LogP contribution in [-0.4, -0.2) is 17.5 Å². The lowest BCUT2D eigenvalue weighted by Gasteiger charge is -2.05. The average molecular weight is 309 g/mol. The number of ether oxygens (including phenoxy) is 1. The number of nitrogens with zero attached hydrogens (tertiary/aromatic N) is 1. The number of nitrogens with one attached hydrogen (secondary N) is 1. The normalized spacial score (nSPS) is 14.1. The van der Waals surface area contributed by atoms with E-state index in [0.717, 1.165) is 5.69 Å². The van der Waals surface area contributed by atoms with E-state index in [1.807, 2.05) is 5.38 Å². The first kappa shape index (κ1) is 13.4. The van der Waals surface area contributed by atoms with Gasteiger partial charge in [0.25, 0.3) is 5.91 Å². The van der Waals surface area contributed by atoms with Gasteiger partial charge in [-0.15, -0.1) is 11.3 Å². The molecule has 0 radical (unpaired) electrons. The number of carbonyl (C=O) groups is 1. The number of benzene rings is 1. The van der Waals surface area contributed by atoms with E-state index in [1.165, 1.54) is 24.2 Å². The van der Waals surface area contributed by atoms with E-state index in [-0.39, 0.29) is 12.5 Å². The molecule has 1 saturated carbocycles. The molecule has 4 nitrogen and oxygen atoms in total. The zero-order valence-electron chi connectivity index (χ0n) is 10.6. The Morgan fingerprint density at radius 3 is 2.85 bits per heavy atom. The lowest BCUT2D eigenvalue weighted by atomic mass is 10.3. The molecule has 0 saturated heterocycles. The summed E-state index contributed by atoms with van der Waals surface area (Å²) in [7, 11) is 0. The van der Waals surface area contributed by atoms with Gasteiger partial charge in [0.1, 0.15) is 5.75 Å². The Bertz CT molecular complexity index is 608. The van der Waals surface area contributed by atoms with Gasteiger partial charge in [0.05, 0.1) is 5.69 Å². The van der Waals surface area contributed by atoms with Crippen molar-refractivity contribution in [2.45, 2.75) is 18.8 Å². The van der Waals surface area contributed by atoms with Crippen molar-refractivity contribution in [1.29, 1.82) is 0 Å². The summed E-state index contributed by atoms with van der Waals surface area (Å²) in [6.07, 6.45) is 2.41. The fourth-order valence-corrected chi connectivity index (χ4v) is 2.68. The van der Waals surface area contributed by atoms with Gasteiger partial charge < -0.3 is 4.74 Å². The van der Waals surface area contributed by atoms with E-state index >= 15 is 0 Å². The highest BCUT2D eigenvalue weighted by molar-refractivity contribution is 7.13. The van der Waals surface area contributed by atoms with E-state index in [9.17, 15) is 4.79 Å². The molecule has 104 valence electrons. The van der Waals surface area contributed by atoms with Gasteiger partial charge in [-0.2, -0.15) is 0 Å². The predicted molar refractivity (Wildman–Crippen MR) is 79.7 cm³/mol. The highest BCUT2D eigenvalue weighted by Gasteiger charge is 2.26. The standard InChI is InChI=1S/C14H13ClN2O2S/c15-10-3-5-11(6-4-10)19-7-13(18)17-14-16-12(8-20-14)9-1-2-9/h3-6,8-9H,1-2,7H2,(H,16,17,18). The van der Waals surface area contributed by atoms with Gasteiger partial charge in [0.2, 0.25) is 0 Å². The van der Waals surface area contributed by atoms with Crippen LogP contribution in [0, 0.1) is 0 Å². The summed E-state index contributed by atoms with van der Waals surface area (Å²) in [6.45, 7) is -0.0417. The van der Waals surface area contributed by atoms with Crippen LogP contribution in [0.1, 0.15) is 24.5 Å². The number of anilines is 1. The van der Waals surface area contributed by atoms with Crippen molar-refractivity contribution in [2.75, 3.05) is 11.9 Å². The van der Waals surface area contributed by atoms with Crippen LogP contribution < -0.4 is 10.1 Å². The van der Waals surface area contributed by atoms with E-state index in [4.69, 9.17) is 16.3 Å². The summed E-state index contributed by atoms with van der Waals surface area (Å²) in [5.74, 6) is 1.00. The summed E-state index contributed by atoms with van der Waals surface area (Å²) >= 11 is 7.23. The van der Waals surface area contributed by atoms with Crippen LogP contribution in [0.2, 0.25) is 5.02 Å². The molecule has 1 aliphatic carbocycles. The third-order valence-corrected chi connectivity index (χ3v) is 3.98. The summed E-state index contributed by atoms with van der Waals surface area (Å²) in [5, 5.41) is 6.02. The third kappa shape index (κ3) is 3.49. The molecule has 1 aliphatic rings. The van der Waals surface area contributed by atoms with E-state index < -0.39 is 0 Å². The number of halogens is 1. The number of carbonyl (C=O) groups excluding carboxylic acids is 1. The molecule has 0 bridgehead atoms. The molecule has 3 rings (SSSR count). The molecule has 1 aromatic heterocycles. The average Bonchev–Trinajstić information content (AvgIpc) is 3.19. The third-order valence-electron chi connectivity index (χ3n) is 2.95. The molecule has 1 fully saturated rings. The van der Waals surface area contributed by atoms with Gasteiger partial charge in [0, 0.05) is 16.3 Å². The summed E-state index contributed by atoms with van der Waals surface area (Å²) < 4.78 is 5.37. The van der Waals surface area contributed by atoms with E-state index in [2.05, 4.69) is 10.3 Å². The van der Waals surface area contributed by atoms with Crippen LogP contribution in [-0.2, 0) is 4.79 Å². The molecule has 1 N–H and O–H groups in total. The lowest BCUT2D eigenvalue weighted by molar-refractivity contribution is -0.118. The number of hydrogen-bond acceptors (Lipinski definition) is 4. The number of rotatable bonds is 5. The van der Waals surface area contributed by atoms with Crippen LogP contribution in [0.3, 0.4) is 0 Å². The van der Waals surface area contributed by atoms with Crippen molar-refractivity contribution in [2.24, 2.45) is 0 Å². The Morgan fingerprint density at radius 2 is 2.15 bits per heavy atom. The molecular weight excluding hydrogens is 296 g/mol. The summed E-state index contributed by atoms with van der Waals surface area (Å²) in [6, 6.07) is 6.89. The Balaban J connectivity index is 1.49.